The Bertz CT molecular complexity index is 928. The molecule has 8 heteroatoms. The number of carbonyl (C=O) groups excluding carboxylic acids is 1. The number of anilines is 1. The standard InChI is InChI=1S/C20H22F2N2O3S/c21-18-8-7-16(14-19(18)22)23-20(25)9-6-15-10-12-24(13-11-15)28(26,27)17-4-2-1-3-5-17/h1-5,7-8,14-15H,6,9-13H2,(H,23,25). The summed E-state index contributed by atoms with van der Waals surface area (Å²) >= 11 is 0. The Morgan fingerprint density at radius 1 is 1.04 bits per heavy atom. The quantitative estimate of drug-likeness (QED) is 0.791. The van der Waals surface area contributed by atoms with Crippen molar-refractivity contribution in [1.82, 2.24) is 4.31 Å². The predicted molar refractivity (Wildman–Crippen MR) is 102 cm³/mol. The number of hydrogen-bond acceptors (Lipinski definition) is 3. The maximum absolute atomic E-state index is 13.2. The van der Waals surface area contributed by atoms with E-state index in [1.54, 1.807) is 30.3 Å². The van der Waals surface area contributed by atoms with Crippen LogP contribution in [0, 0.1) is 17.6 Å². The monoisotopic (exact) mass is 408 g/mol. The number of rotatable bonds is 6. The van der Waals surface area contributed by atoms with Crippen LogP contribution in [0.5, 0.6) is 0 Å². The fraction of sp³-hybridized carbons (Fsp3) is 0.350. The maximum atomic E-state index is 13.2. The Hall–Kier alpha value is -2.32. The van der Waals surface area contributed by atoms with Gasteiger partial charge < -0.3 is 5.32 Å². The van der Waals surface area contributed by atoms with Crippen molar-refractivity contribution in [2.45, 2.75) is 30.6 Å². The Labute approximate surface area is 163 Å². The minimum Gasteiger partial charge on any atom is -0.326 e. The number of nitrogens with zero attached hydrogens (tertiary/aromatic N) is 1. The zero-order chi connectivity index (χ0) is 20.1. The summed E-state index contributed by atoms with van der Waals surface area (Å²) in [5.74, 6) is -2.00. The lowest BCUT2D eigenvalue weighted by Crippen LogP contribution is -2.38. The van der Waals surface area contributed by atoms with E-state index in [2.05, 4.69) is 5.32 Å². The van der Waals surface area contributed by atoms with E-state index in [4.69, 9.17) is 0 Å². The summed E-state index contributed by atoms with van der Waals surface area (Å²) < 4.78 is 52.8. The van der Waals surface area contributed by atoms with Gasteiger partial charge in [-0.25, -0.2) is 17.2 Å². The van der Waals surface area contributed by atoms with Crippen molar-refractivity contribution in [3.05, 3.63) is 60.2 Å². The highest BCUT2D eigenvalue weighted by Gasteiger charge is 2.29. The van der Waals surface area contributed by atoms with Crippen molar-refractivity contribution < 1.29 is 22.0 Å². The van der Waals surface area contributed by atoms with Crippen molar-refractivity contribution in [1.29, 1.82) is 0 Å². The van der Waals surface area contributed by atoms with Crippen LogP contribution in [0.1, 0.15) is 25.7 Å². The van der Waals surface area contributed by atoms with Crippen LogP contribution in [0.2, 0.25) is 0 Å². The van der Waals surface area contributed by atoms with Crippen molar-refractivity contribution in [2.75, 3.05) is 18.4 Å². The number of carbonyl (C=O) groups is 1. The van der Waals surface area contributed by atoms with E-state index >= 15 is 0 Å². The second-order valence-corrected chi connectivity index (χ2v) is 8.81. The van der Waals surface area contributed by atoms with Crippen LogP contribution in [0.3, 0.4) is 0 Å². The Kier molecular flexibility index (Phi) is 6.41. The third kappa shape index (κ3) is 4.94. The van der Waals surface area contributed by atoms with Crippen molar-refractivity contribution in [3.63, 3.8) is 0 Å². The minimum atomic E-state index is -3.48. The van der Waals surface area contributed by atoms with E-state index in [1.165, 1.54) is 10.4 Å². The zero-order valence-corrected chi connectivity index (χ0v) is 16.1. The first kappa shape index (κ1) is 20.4. The van der Waals surface area contributed by atoms with Crippen molar-refractivity contribution in [2.24, 2.45) is 5.92 Å². The molecule has 2 aromatic carbocycles. The SMILES string of the molecule is O=C(CCC1CCN(S(=O)(=O)c2ccccc2)CC1)Nc1ccc(F)c(F)c1. The molecule has 0 bridgehead atoms. The number of sulfonamides is 1. The number of nitrogens with one attached hydrogen (secondary N) is 1. The predicted octanol–water partition coefficient (Wildman–Crippen LogP) is 3.78. The summed E-state index contributed by atoms with van der Waals surface area (Å²) in [5.41, 5.74) is 0.215. The molecule has 1 aliphatic heterocycles. The van der Waals surface area contributed by atoms with Crippen LogP contribution < -0.4 is 5.32 Å². The molecule has 1 aliphatic rings. The average molecular weight is 408 g/mol. The molecule has 0 spiro atoms. The molecule has 5 nitrogen and oxygen atoms in total. The molecule has 0 aliphatic carbocycles. The van der Waals surface area contributed by atoms with Crippen LogP contribution in [-0.4, -0.2) is 31.7 Å². The van der Waals surface area contributed by atoms with E-state index in [-0.39, 0.29) is 23.9 Å². The van der Waals surface area contributed by atoms with Gasteiger partial charge in [-0.3, -0.25) is 4.79 Å². The molecule has 0 saturated carbocycles. The Balaban J connectivity index is 1.46. The summed E-state index contributed by atoms with van der Waals surface area (Å²) in [6.45, 7) is 0.847. The Morgan fingerprint density at radius 3 is 2.36 bits per heavy atom. The lowest BCUT2D eigenvalue weighted by Gasteiger charge is -2.31. The molecule has 3 rings (SSSR count). The zero-order valence-electron chi connectivity index (χ0n) is 15.3. The molecule has 0 aromatic heterocycles. The van der Waals surface area contributed by atoms with E-state index < -0.39 is 21.7 Å². The molecular weight excluding hydrogens is 386 g/mol. The molecule has 1 amide bonds. The third-order valence-corrected chi connectivity index (χ3v) is 6.85. The first-order valence-corrected chi connectivity index (χ1v) is 10.6. The highest BCUT2D eigenvalue weighted by Crippen LogP contribution is 2.26. The fourth-order valence-electron chi connectivity index (χ4n) is 3.31. The molecule has 0 atom stereocenters. The van der Waals surface area contributed by atoms with Crippen LogP contribution in [-0.2, 0) is 14.8 Å². The summed E-state index contributed by atoms with van der Waals surface area (Å²) in [6, 6.07) is 11.6. The molecular formula is C20H22F2N2O3S. The van der Waals surface area contributed by atoms with Crippen LogP contribution in [0.25, 0.3) is 0 Å². The first-order chi connectivity index (χ1) is 13.4. The van der Waals surface area contributed by atoms with Gasteiger partial charge in [0.25, 0.3) is 0 Å². The second kappa shape index (κ2) is 8.79. The van der Waals surface area contributed by atoms with Gasteiger partial charge in [-0.2, -0.15) is 4.31 Å². The normalized spacial score (nSPS) is 16.1. The van der Waals surface area contributed by atoms with E-state index in [0.29, 0.717) is 37.2 Å². The van der Waals surface area contributed by atoms with Gasteiger partial charge in [-0.05, 0) is 49.4 Å². The number of piperidine rings is 1. The van der Waals surface area contributed by atoms with Gasteiger partial charge in [0.1, 0.15) is 0 Å². The molecule has 1 saturated heterocycles. The van der Waals surface area contributed by atoms with Gasteiger partial charge >= 0.3 is 0 Å². The lowest BCUT2D eigenvalue weighted by atomic mass is 9.93. The summed E-state index contributed by atoms with van der Waals surface area (Å²) in [5, 5.41) is 2.55. The van der Waals surface area contributed by atoms with Gasteiger partial charge in [0.2, 0.25) is 15.9 Å². The summed E-state index contributed by atoms with van der Waals surface area (Å²) in [6.07, 6.45) is 2.23. The molecule has 0 radical (unpaired) electrons. The lowest BCUT2D eigenvalue weighted by molar-refractivity contribution is -0.116. The molecule has 150 valence electrons. The number of halogens is 2. The van der Waals surface area contributed by atoms with E-state index in [0.717, 1.165) is 12.1 Å². The van der Waals surface area contributed by atoms with Crippen molar-refractivity contribution >= 4 is 21.6 Å². The molecule has 1 fully saturated rings. The smallest absolute Gasteiger partial charge is 0.243 e. The largest absolute Gasteiger partial charge is 0.326 e. The Morgan fingerprint density at radius 2 is 1.71 bits per heavy atom. The molecule has 28 heavy (non-hydrogen) atoms. The number of hydrogen-bond donors (Lipinski definition) is 1. The van der Waals surface area contributed by atoms with Gasteiger partial charge in [0.05, 0.1) is 4.90 Å². The summed E-state index contributed by atoms with van der Waals surface area (Å²) in [7, 11) is -3.48. The topological polar surface area (TPSA) is 66.5 Å². The maximum Gasteiger partial charge on any atom is 0.243 e. The molecule has 1 heterocycles. The fourth-order valence-corrected chi connectivity index (χ4v) is 4.80. The molecule has 1 N–H and O–H groups in total. The van der Waals surface area contributed by atoms with Gasteiger partial charge in [0.15, 0.2) is 11.6 Å². The van der Waals surface area contributed by atoms with E-state index in [1.807, 2.05) is 0 Å². The highest BCUT2D eigenvalue weighted by atomic mass is 32.2. The van der Waals surface area contributed by atoms with Crippen LogP contribution >= 0.6 is 0 Å². The molecule has 0 unspecified atom stereocenters. The summed E-state index contributed by atoms with van der Waals surface area (Å²) in [4.78, 5) is 12.3. The highest BCUT2D eigenvalue weighted by molar-refractivity contribution is 7.89. The average Bonchev–Trinajstić information content (AvgIpc) is 2.70. The third-order valence-electron chi connectivity index (χ3n) is 4.94. The second-order valence-electron chi connectivity index (χ2n) is 6.88. The van der Waals surface area contributed by atoms with Gasteiger partial charge in [-0.15, -0.1) is 0 Å². The van der Waals surface area contributed by atoms with Crippen molar-refractivity contribution in [3.8, 4) is 0 Å². The minimum absolute atomic E-state index is 0.215. The van der Waals surface area contributed by atoms with E-state index in [9.17, 15) is 22.0 Å². The van der Waals surface area contributed by atoms with Crippen LogP contribution in [0.4, 0.5) is 14.5 Å². The van der Waals surface area contributed by atoms with Gasteiger partial charge in [0, 0.05) is 31.3 Å². The first-order valence-electron chi connectivity index (χ1n) is 9.16. The van der Waals surface area contributed by atoms with Gasteiger partial charge in [-0.1, -0.05) is 18.2 Å². The number of benzene rings is 2. The molecule has 2 aromatic rings. The van der Waals surface area contributed by atoms with Crippen LogP contribution in [0.15, 0.2) is 53.4 Å². The number of amides is 1.